The summed E-state index contributed by atoms with van der Waals surface area (Å²) in [7, 11) is -3.35. The van der Waals surface area contributed by atoms with Gasteiger partial charge in [0.15, 0.2) is 0 Å². The van der Waals surface area contributed by atoms with Crippen LogP contribution in [0.2, 0.25) is 0 Å². The first-order valence-electron chi connectivity index (χ1n) is 7.48. The molecule has 1 aromatic rings. The van der Waals surface area contributed by atoms with E-state index in [4.69, 9.17) is 0 Å². The molecule has 2 heterocycles. The lowest BCUT2D eigenvalue weighted by Crippen LogP contribution is -2.52. The van der Waals surface area contributed by atoms with Gasteiger partial charge in [-0.2, -0.15) is 4.31 Å². The Kier molecular flexibility index (Phi) is 4.59. The number of sulfonamides is 1. The number of rotatable bonds is 2. The molecule has 2 saturated heterocycles. The smallest absolute Gasteiger partial charge is 0.243 e. The molecule has 116 valence electrons. The number of benzene rings is 1. The third kappa shape index (κ3) is 3.28. The van der Waals surface area contributed by atoms with E-state index in [1.165, 1.54) is 0 Å². The molecule has 0 radical (unpaired) electrons. The van der Waals surface area contributed by atoms with Crippen LogP contribution in [0.3, 0.4) is 0 Å². The normalized spacial score (nSPS) is 27.9. The Morgan fingerprint density at radius 1 is 1.14 bits per heavy atom. The summed E-state index contributed by atoms with van der Waals surface area (Å²) >= 11 is 2.19. The van der Waals surface area contributed by atoms with Crippen molar-refractivity contribution in [1.82, 2.24) is 9.62 Å². The van der Waals surface area contributed by atoms with E-state index in [1.54, 1.807) is 16.4 Å². The van der Waals surface area contributed by atoms with E-state index in [0.29, 0.717) is 18.0 Å². The minimum atomic E-state index is -3.35. The predicted octanol–water partition coefficient (Wildman–Crippen LogP) is 2.45. The molecule has 1 spiro atoms. The first-order chi connectivity index (χ1) is 10.0. The first kappa shape index (κ1) is 15.7. The third-order valence-electron chi connectivity index (χ3n) is 4.64. The van der Waals surface area contributed by atoms with Gasteiger partial charge in [0.2, 0.25) is 10.0 Å². The van der Waals surface area contributed by atoms with Crippen molar-refractivity contribution in [3.63, 3.8) is 0 Å². The lowest BCUT2D eigenvalue weighted by Gasteiger charge is -2.44. The van der Waals surface area contributed by atoms with Crippen LogP contribution in [0.25, 0.3) is 0 Å². The summed E-state index contributed by atoms with van der Waals surface area (Å²) < 4.78 is 28.4. The Labute approximate surface area is 140 Å². The summed E-state index contributed by atoms with van der Waals surface area (Å²) in [6, 6.07) is 7.15. The SMILES string of the molecule is O=S(=O)(c1ccc(I)cc1)N1CCCC2(CCCNC2)C1. The summed E-state index contributed by atoms with van der Waals surface area (Å²) in [5.41, 5.74) is 0.146. The first-order valence-corrected chi connectivity index (χ1v) is 10.0. The minimum Gasteiger partial charge on any atom is -0.316 e. The van der Waals surface area contributed by atoms with Crippen molar-refractivity contribution in [3.05, 3.63) is 27.8 Å². The summed E-state index contributed by atoms with van der Waals surface area (Å²) in [5, 5.41) is 3.44. The molecule has 2 aliphatic rings. The average molecular weight is 420 g/mol. The van der Waals surface area contributed by atoms with Crippen LogP contribution in [0.5, 0.6) is 0 Å². The van der Waals surface area contributed by atoms with Crippen molar-refractivity contribution in [2.45, 2.75) is 30.6 Å². The van der Waals surface area contributed by atoms with E-state index in [9.17, 15) is 8.42 Å². The molecule has 2 fully saturated rings. The Balaban J connectivity index is 1.83. The molecule has 1 atom stereocenters. The van der Waals surface area contributed by atoms with Gasteiger partial charge in [0.25, 0.3) is 0 Å². The second kappa shape index (κ2) is 6.14. The maximum absolute atomic E-state index is 12.8. The fourth-order valence-corrected chi connectivity index (χ4v) is 5.45. The molecular weight excluding hydrogens is 399 g/mol. The van der Waals surface area contributed by atoms with Crippen molar-refractivity contribution < 1.29 is 8.42 Å². The van der Waals surface area contributed by atoms with Crippen LogP contribution < -0.4 is 5.32 Å². The largest absolute Gasteiger partial charge is 0.316 e. The van der Waals surface area contributed by atoms with Gasteiger partial charge >= 0.3 is 0 Å². The standard InChI is InChI=1S/C15H21IN2O2S/c16-13-3-5-14(6-4-13)21(19,20)18-10-2-8-15(12-18)7-1-9-17-11-15/h3-6,17H,1-2,7-12H2. The summed E-state index contributed by atoms with van der Waals surface area (Å²) in [4.78, 5) is 0.420. The maximum Gasteiger partial charge on any atom is 0.243 e. The molecule has 4 nitrogen and oxygen atoms in total. The third-order valence-corrected chi connectivity index (χ3v) is 7.22. The molecule has 0 aliphatic carbocycles. The van der Waals surface area contributed by atoms with E-state index >= 15 is 0 Å². The molecule has 0 saturated carbocycles. The van der Waals surface area contributed by atoms with Gasteiger partial charge in [-0.05, 0) is 84.5 Å². The van der Waals surface area contributed by atoms with Crippen molar-refractivity contribution in [3.8, 4) is 0 Å². The molecule has 6 heteroatoms. The van der Waals surface area contributed by atoms with E-state index in [-0.39, 0.29) is 5.41 Å². The van der Waals surface area contributed by atoms with Crippen LogP contribution in [0.15, 0.2) is 29.2 Å². The number of nitrogens with zero attached hydrogens (tertiary/aromatic N) is 1. The number of halogens is 1. The van der Waals surface area contributed by atoms with Crippen LogP contribution >= 0.6 is 22.6 Å². The van der Waals surface area contributed by atoms with Crippen LogP contribution in [-0.2, 0) is 10.0 Å². The molecule has 0 aromatic heterocycles. The zero-order valence-electron chi connectivity index (χ0n) is 12.0. The van der Waals surface area contributed by atoms with Gasteiger partial charge in [-0.15, -0.1) is 0 Å². The van der Waals surface area contributed by atoms with Crippen LogP contribution in [0, 0.1) is 8.99 Å². The second-order valence-corrected chi connectivity index (χ2v) is 9.36. The minimum absolute atomic E-state index is 0.146. The van der Waals surface area contributed by atoms with Gasteiger partial charge in [0, 0.05) is 23.2 Å². The number of hydrogen-bond donors (Lipinski definition) is 1. The molecule has 3 rings (SSSR count). The summed E-state index contributed by atoms with van der Waals surface area (Å²) in [5.74, 6) is 0. The molecule has 1 unspecified atom stereocenters. The Morgan fingerprint density at radius 2 is 1.86 bits per heavy atom. The van der Waals surface area contributed by atoms with Crippen LogP contribution in [-0.4, -0.2) is 38.9 Å². The molecule has 0 amide bonds. The Morgan fingerprint density at radius 3 is 2.52 bits per heavy atom. The molecular formula is C15H21IN2O2S. The fourth-order valence-electron chi connectivity index (χ4n) is 3.50. The fraction of sp³-hybridized carbons (Fsp3) is 0.600. The Hall–Kier alpha value is -0.180. The zero-order valence-corrected chi connectivity index (χ0v) is 15.0. The highest BCUT2D eigenvalue weighted by molar-refractivity contribution is 14.1. The molecule has 1 N–H and O–H groups in total. The molecule has 21 heavy (non-hydrogen) atoms. The van der Waals surface area contributed by atoms with E-state index < -0.39 is 10.0 Å². The maximum atomic E-state index is 12.8. The van der Waals surface area contributed by atoms with E-state index in [2.05, 4.69) is 27.9 Å². The van der Waals surface area contributed by atoms with Crippen LogP contribution in [0.1, 0.15) is 25.7 Å². The van der Waals surface area contributed by atoms with Crippen molar-refractivity contribution in [2.75, 3.05) is 26.2 Å². The van der Waals surface area contributed by atoms with E-state index in [1.807, 2.05) is 12.1 Å². The van der Waals surface area contributed by atoms with Gasteiger partial charge in [-0.3, -0.25) is 0 Å². The highest BCUT2D eigenvalue weighted by atomic mass is 127. The van der Waals surface area contributed by atoms with Gasteiger partial charge < -0.3 is 5.32 Å². The average Bonchev–Trinajstić information content (AvgIpc) is 2.48. The highest BCUT2D eigenvalue weighted by Crippen LogP contribution is 2.37. The zero-order chi connectivity index (χ0) is 14.9. The number of hydrogen-bond acceptors (Lipinski definition) is 3. The van der Waals surface area contributed by atoms with Gasteiger partial charge in [-0.25, -0.2) is 8.42 Å². The highest BCUT2D eigenvalue weighted by Gasteiger charge is 2.40. The summed E-state index contributed by atoms with van der Waals surface area (Å²) in [6.07, 6.45) is 4.39. The lowest BCUT2D eigenvalue weighted by molar-refractivity contribution is 0.110. The second-order valence-electron chi connectivity index (χ2n) is 6.18. The number of piperidine rings is 2. The molecule has 0 bridgehead atoms. The number of nitrogens with one attached hydrogen (secondary N) is 1. The summed E-state index contributed by atoms with van der Waals surface area (Å²) in [6.45, 7) is 3.32. The topological polar surface area (TPSA) is 49.4 Å². The van der Waals surface area contributed by atoms with Gasteiger partial charge in [0.05, 0.1) is 4.90 Å². The molecule has 2 aliphatic heterocycles. The van der Waals surface area contributed by atoms with Crippen molar-refractivity contribution >= 4 is 32.6 Å². The van der Waals surface area contributed by atoms with E-state index in [0.717, 1.165) is 42.3 Å². The van der Waals surface area contributed by atoms with Crippen molar-refractivity contribution in [1.29, 1.82) is 0 Å². The lowest BCUT2D eigenvalue weighted by atomic mass is 9.75. The monoisotopic (exact) mass is 420 g/mol. The van der Waals surface area contributed by atoms with Gasteiger partial charge in [0.1, 0.15) is 0 Å². The quantitative estimate of drug-likeness (QED) is 0.748. The van der Waals surface area contributed by atoms with Gasteiger partial charge in [-0.1, -0.05) is 0 Å². The van der Waals surface area contributed by atoms with Crippen LogP contribution in [0.4, 0.5) is 0 Å². The van der Waals surface area contributed by atoms with Crippen molar-refractivity contribution in [2.24, 2.45) is 5.41 Å². The molecule has 1 aromatic carbocycles. The predicted molar refractivity (Wildman–Crippen MR) is 91.7 cm³/mol. The Bertz CT molecular complexity index is 589.